The lowest BCUT2D eigenvalue weighted by Gasteiger charge is -2.13. The van der Waals surface area contributed by atoms with Gasteiger partial charge in [-0.3, -0.25) is 4.79 Å². The SMILES string of the molecule is COc1ccc(-c2ccccc2F)cc1SNc1cccc(NCCNC(=O)c2ccccc2Cl)c1. The molecule has 4 aromatic rings. The molecule has 8 heteroatoms. The number of rotatable bonds is 10. The quantitative estimate of drug-likeness (QED) is 0.153. The van der Waals surface area contributed by atoms with Crippen LogP contribution in [-0.4, -0.2) is 26.1 Å². The standard InChI is InChI=1S/C28H25ClFN3O2S/c1-35-26-14-13-19(22-9-3-5-12-25(22)30)17-27(26)36-33-21-8-6-7-20(18-21)31-15-16-32-28(34)23-10-2-4-11-24(23)29/h2-14,17-18,31,33H,15-16H2,1H3,(H,32,34). The second kappa shape index (κ2) is 12.3. The lowest BCUT2D eigenvalue weighted by molar-refractivity contribution is 0.0955. The van der Waals surface area contributed by atoms with Gasteiger partial charge in [0.05, 0.1) is 22.6 Å². The van der Waals surface area contributed by atoms with Crippen LogP contribution in [0.1, 0.15) is 10.4 Å². The molecule has 0 aliphatic heterocycles. The molecule has 0 saturated carbocycles. The molecule has 3 N–H and O–H groups in total. The van der Waals surface area contributed by atoms with E-state index in [1.54, 1.807) is 43.5 Å². The van der Waals surface area contributed by atoms with Crippen molar-refractivity contribution < 1.29 is 13.9 Å². The molecule has 0 aliphatic rings. The van der Waals surface area contributed by atoms with Gasteiger partial charge in [0.15, 0.2) is 0 Å². The average Bonchev–Trinajstić information content (AvgIpc) is 2.90. The summed E-state index contributed by atoms with van der Waals surface area (Å²) in [5.74, 6) is 0.213. The van der Waals surface area contributed by atoms with Crippen LogP contribution in [0.3, 0.4) is 0 Å². The molecule has 184 valence electrons. The Morgan fingerprint density at radius 1 is 0.917 bits per heavy atom. The van der Waals surface area contributed by atoms with Gasteiger partial charge in [-0.2, -0.15) is 0 Å². The van der Waals surface area contributed by atoms with Crippen molar-refractivity contribution >= 4 is 40.8 Å². The molecule has 0 aromatic heterocycles. The minimum absolute atomic E-state index is 0.208. The molecule has 0 spiro atoms. The zero-order valence-corrected chi connectivity index (χ0v) is 21.1. The highest BCUT2D eigenvalue weighted by molar-refractivity contribution is 8.00. The van der Waals surface area contributed by atoms with E-state index in [0.717, 1.165) is 21.8 Å². The van der Waals surface area contributed by atoms with Crippen LogP contribution in [0.5, 0.6) is 5.75 Å². The number of hydrogen-bond donors (Lipinski definition) is 3. The first-order valence-electron chi connectivity index (χ1n) is 11.3. The Balaban J connectivity index is 1.34. The van der Waals surface area contributed by atoms with Gasteiger partial charge >= 0.3 is 0 Å². The summed E-state index contributed by atoms with van der Waals surface area (Å²) in [6.45, 7) is 0.988. The normalized spacial score (nSPS) is 10.5. The predicted molar refractivity (Wildman–Crippen MR) is 147 cm³/mol. The van der Waals surface area contributed by atoms with E-state index in [1.807, 2.05) is 48.5 Å². The molecule has 0 fully saturated rings. The Morgan fingerprint density at radius 2 is 1.69 bits per heavy atom. The van der Waals surface area contributed by atoms with E-state index in [1.165, 1.54) is 18.0 Å². The number of carbonyl (C=O) groups excluding carboxylic acids is 1. The van der Waals surface area contributed by atoms with Crippen LogP contribution in [0, 0.1) is 5.82 Å². The topological polar surface area (TPSA) is 62.4 Å². The molecule has 0 bridgehead atoms. The maximum Gasteiger partial charge on any atom is 0.252 e. The van der Waals surface area contributed by atoms with Crippen LogP contribution >= 0.6 is 23.5 Å². The minimum Gasteiger partial charge on any atom is -0.496 e. The van der Waals surface area contributed by atoms with E-state index < -0.39 is 0 Å². The number of nitrogens with one attached hydrogen (secondary N) is 3. The average molecular weight is 522 g/mol. The van der Waals surface area contributed by atoms with Gasteiger partial charge in [0.1, 0.15) is 11.6 Å². The summed E-state index contributed by atoms with van der Waals surface area (Å²) in [5, 5.41) is 6.59. The number of carbonyl (C=O) groups is 1. The summed E-state index contributed by atoms with van der Waals surface area (Å²) in [6.07, 6.45) is 0. The molecule has 5 nitrogen and oxygen atoms in total. The van der Waals surface area contributed by atoms with Gasteiger partial charge in [0, 0.05) is 30.0 Å². The van der Waals surface area contributed by atoms with E-state index in [4.69, 9.17) is 16.3 Å². The number of methoxy groups -OCH3 is 1. The Labute approximate surface area is 219 Å². The number of hydrogen-bond acceptors (Lipinski definition) is 5. The lowest BCUT2D eigenvalue weighted by atomic mass is 10.1. The van der Waals surface area contributed by atoms with Gasteiger partial charge in [0.2, 0.25) is 0 Å². The van der Waals surface area contributed by atoms with Crippen molar-refractivity contribution in [1.82, 2.24) is 5.32 Å². The van der Waals surface area contributed by atoms with Crippen molar-refractivity contribution in [3.05, 3.63) is 107 Å². The monoisotopic (exact) mass is 521 g/mol. The minimum atomic E-state index is -0.270. The van der Waals surface area contributed by atoms with E-state index in [-0.39, 0.29) is 11.7 Å². The van der Waals surface area contributed by atoms with Crippen molar-refractivity contribution in [2.75, 3.05) is 30.2 Å². The summed E-state index contributed by atoms with van der Waals surface area (Å²) in [6, 6.07) is 27.0. The number of benzene rings is 4. The van der Waals surface area contributed by atoms with Crippen molar-refractivity contribution in [3.8, 4) is 16.9 Å². The summed E-state index contributed by atoms with van der Waals surface area (Å²) >= 11 is 7.46. The third-order valence-electron chi connectivity index (χ3n) is 5.35. The molecule has 0 aliphatic carbocycles. The summed E-state index contributed by atoms with van der Waals surface area (Å²) in [4.78, 5) is 13.1. The van der Waals surface area contributed by atoms with E-state index in [9.17, 15) is 9.18 Å². The Bertz CT molecular complexity index is 1350. The fourth-order valence-corrected chi connectivity index (χ4v) is 4.56. The Morgan fingerprint density at radius 3 is 2.50 bits per heavy atom. The Hall–Kier alpha value is -3.68. The fraction of sp³-hybridized carbons (Fsp3) is 0.107. The van der Waals surface area contributed by atoms with Crippen molar-refractivity contribution in [2.45, 2.75) is 4.90 Å². The zero-order valence-electron chi connectivity index (χ0n) is 19.6. The van der Waals surface area contributed by atoms with Crippen molar-refractivity contribution in [2.24, 2.45) is 0 Å². The van der Waals surface area contributed by atoms with Gasteiger partial charge in [-0.15, -0.1) is 0 Å². The molecule has 0 heterocycles. The van der Waals surface area contributed by atoms with Crippen LogP contribution in [0.15, 0.2) is 95.9 Å². The van der Waals surface area contributed by atoms with Gasteiger partial charge in [-0.05, 0) is 66.0 Å². The third kappa shape index (κ3) is 6.50. The lowest BCUT2D eigenvalue weighted by Crippen LogP contribution is -2.28. The molecule has 4 aromatic carbocycles. The fourth-order valence-electron chi connectivity index (χ4n) is 3.55. The van der Waals surface area contributed by atoms with E-state index in [2.05, 4.69) is 15.4 Å². The van der Waals surface area contributed by atoms with Crippen LogP contribution in [0.25, 0.3) is 11.1 Å². The summed E-state index contributed by atoms with van der Waals surface area (Å²) in [5.41, 5.74) is 3.54. The van der Waals surface area contributed by atoms with Crippen molar-refractivity contribution in [1.29, 1.82) is 0 Å². The number of anilines is 2. The molecule has 0 unspecified atom stereocenters. The molecular weight excluding hydrogens is 497 g/mol. The highest BCUT2D eigenvalue weighted by Crippen LogP contribution is 2.35. The number of ether oxygens (including phenoxy) is 1. The van der Waals surface area contributed by atoms with Gasteiger partial charge in [-0.1, -0.05) is 54.1 Å². The molecule has 4 rings (SSSR count). The molecule has 0 saturated heterocycles. The third-order valence-corrected chi connectivity index (χ3v) is 6.55. The molecule has 1 amide bonds. The van der Waals surface area contributed by atoms with Gasteiger partial charge in [0.25, 0.3) is 5.91 Å². The Kier molecular flexibility index (Phi) is 8.71. The van der Waals surface area contributed by atoms with E-state index in [0.29, 0.717) is 35.0 Å². The van der Waals surface area contributed by atoms with Crippen LogP contribution in [0.4, 0.5) is 15.8 Å². The maximum absolute atomic E-state index is 14.3. The van der Waals surface area contributed by atoms with Crippen LogP contribution < -0.4 is 20.1 Å². The first kappa shape index (κ1) is 25.4. The molecule has 0 radical (unpaired) electrons. The highest BCUT2D eigenvalue weighted by atomic mass is 35.5. The molecule has 0 atom stereocenters. The second-order valence-electron chi connectivity index (χ2n) is 7.79. The second-order valence-corrected chi connectivity index (χ2v) is 9.05. The maximum atomic E-state index is 14.3. The molecular formula is C28H25ClFN3O2S. The first-order valence-corrected chi connectivity index (χ1v) is 12.5. The largest absolute Gasteiger partial charge is 0.496 e. The first-order chi connectivity index (χ1) is 17.5. The van der Waals surface area contributed by atoms with Gasteiger partial charge in [-0.25, -0.2) is 4.39 Å². The van der Waals surface area contributed by atoms with Crippen molar-refractivity contribution in [3.63, 3.8) is 0 Å². The summed E-state index contributed by atoms with van der Waals surface area (Å²) < 4.78 is 23.1. The smallest absolute Gasteiger partial charge is 0.252 e. The number of halogens is 2. The zero-order chi connectivity index (χ0) is 25.3. The summed E-state index contributed by atoms with van der Waals surface area (Å²) in [7, 11) is 1.61. The molecule has 36 heavy (non-hydrogen) atoms. The van der Waals surface area contributed by atoms with Crippen LogP contribution in [-0.2, 0) is 0 Å². The highest BCUT2D eigenvalue weighted by Gasteiger charge is 2.11. The van der Waals surface area contributed by atoms with Crippen LogP contribution in [0.2, 0.25) is 5.02 Å². The number of amides is 1. The predicted octanol–water partition coefficient (Wildman–Crippen LogP) is 7.12. The van der Waals surface area contributed by atoms with E-state index >= 15 is 0 Å². The van der Waals surface area contributed by atoms with Gasteiger partial charge < -0.3 is 20.1 Å².